The van der Waals surface area contributed by atoms with E-state index in [1.165, 1.54) is 11.8 Å². The van der Waals surface area contributed by atoms with Gasteiger partial charge < -0.3 is 9.64 Å². The maximum atomic E-state index is 12.6. The van der Waals surface area contributed by atoms with Gasteiger partial charge in [-0.25, -0.2) is 0 Å². The molecule has 3 nitrogen and oxygen atoms in total. The van der Waals surface area contributed by atoms with Crippen molar-refractivity contribution in [1.82, 2.24) is 4.90 Å². The van der Waals surface area contributed by atoms with E-state index in [0.717, 1.165) is 0 Å². The molecule has 2 rings (SSSR count). The van der Waals surface area contributed by atoms with Crippen molar-refractivity contribution in [2.24, 2.45) is 5.41 Å². The van der Waals surface area contributed by atoms with Crippen LogP contribution in [0.4, 0.5) is 0 Å². The second-order valence-electron chi connectivity index (χ2n) is 5.52. The quantitative estimate of drug-likeness (QED) is 0.782. The van der Waals surface area contributed by atoms with Gasteiger partial charge in [0.05, 0.1) is 21.2 Å². The van der Waals surface area contributed by atoms with Crippen molar-refractivity contribution in [2.45, 2.75) is 39.5 Å². The van der Waals surface area contributed by atoms with Gasteiger partial charge in [-0.05, 0) is 64.1 Å². The van der Waals surface area contributed by atoms with E-state index in [1.54, 1.807) is 0 Å². The van der Waals surface area contributed by atoms with Gasteiger partial charge in [0.25, 0.3) is 0 Å². The first-order valence-electron chi connectivity index (χ1n) is 12.8. The Labute approximate surface area is 145 Å². The lowest BCUT2D eigenvalue weighted by atomic mass is 9.71. The maximum absolute atomic E-state index is 12.6. The molecule has 0 aliphatic carbocycles. The second kappa shape index (κ2) is 7.08. The Kier molecular flexibility index (Phi) is 2.16. The number of esters is 1. The van der Waals surface area contributed by atoms with Gasteiger partial charge in [0.2, 0.25) is 0 Å². The van der Waals surface area contributed by atoms with Crippen LogP contribution in [0.2, 0.25) is 0 Å². The van der Waals surface area contributed by atoms with E-state index in [9.17, 15) is 4.79 Å². The van der Waals surface area contributed by atoms with Crippen molar-refractivity contribution >= 4 is 5.97 Å². The summed E-state index contributed by atoms with van der Waals surface area (Å²) in [5, 5.41) is 0. The molecule has 0 spiro atoms. The average molecular weight is 301 g/mol. The molecule has 1 heterocycles. The van der Waals surface area contributed by atoms with E-state index in [-0.39, 0.29) is 67.6 Å². The van der Waals surface area contributed by atoms with E-state index >= 15 is 0 Å². The van der Waals surface area contributed by atoms with Crippen LogP contribution in [0.5, 0.6) is 0 Å². The molecule has 0 saturated carbocycles. The summed E-state index contributed by atoms with van der Waals surface area (Å²) in [6.45, 7) is -7.19. The van der Waals surface area contributed by atoms with Crippen LogP contribution in [-0.4, -0.2) is 37.5 Å². The summed E-state index contributed by atoms with van der Waals surface area (Å²) in [5.74, 6) is -1.13. The first kappa shape index (κ1) is 6.41. The fraction of sp³-hybridized carbons (Fsp3) is 0.611. The fourth-order valence-electron chi connectivity index (χ4n) is 2.75. The Balaban J connectivity index is 2.41. The number of carbonyl (C=O) groups excluding carboxylic acids is 1. The molecule has 3 heteroatoms. The minimum absolute atomic E-state index is 0.0554. The van der Waals surface area contributed by atoms with Crippen LogP contribution in [0.3, 0.4) is 0 Å². The third-order valence-electron chi connectivity index (χ3n) is 3.86. The summed E-state index contributed by atoms with van der Waals surface area (Å²) in [6, 6.07) is -1.07. The van der Waals surface area contributed by atoms with Gasteiger partial charge in [0.15, 0.2) is 0 Å². The van der Waals surface area contributed by atoms with Crippen LogP contribution in [-0.2, 0) is 16.0 Å². The molecule has 0 bridgehead atoms. The molecule has 0 radical (unpaired) electrons. The SMILES string of the molecule is [2H]c1c([2H])c(C)c([2H])c(CC2(CC(=O)OC([2H])([2H])C([2H])([2H])[2H])CCN(C([2H])([2H])[2H])CC2)c1[2H]. The van der Waals surface area contributed by atoms with Crippen molar-refractivity contribution in [1.29, 1.82) is 0 Å². The zero-order valence-electron chi connectivity index (χ0n) is 24.0. The number of likely N-dealkylation sites (tertiary alicyclic amines) is 1. The normalized spacial score (nSPS) is 28.6. The van der Waals surface area contributed by atoms with E-state index in [2.05, 4.69) is 4.74 Å². The van der Waals surface area contributed by atoms with Crippen LogP contribution >= 0.6 is 0 Å². The van der Waals surface area contributed by atoms with Gasteiger partial charge in [-0.1, -0.05) is 29.7 Å². The molecule has 1 aliphatic rings. The van der Waals surface area contributed by atoms with Crippen LogP contribution in [0.1, 0.15) is 53.7 Å². The van der Waals surface area contributed by atoms with E-state index in [1.807, 2.05) is 0 Å². The third-order valence-corrected chi connectivity index (χ3v) is 3.86. The zero-order chi connectivity index (χ0) is 25.6. The summed E-state index contributed by atoms with van der Waals surface area (Å²) in [6.07, 6.45) is -0.264. The second-order valence-corrected chi connectivity index (χ2v) is 5.52. The fourth-order valence-corrected chi connectivity index (χ4v) is 2.75. The summed E-state index contributed by atoms with van der Waals surface area (Å²) in [5.41, 5.74) is -0.720. The molecular formula is C18H27NO2. The highest BCUT2D eigenvalue weighted by atomic mass is 16.5. The molecule has 1 saturated heterocycles. The number of carbonyl (C=O) groups is 1. The van der Waals surface area contributed by atoms with E-state index in [4.69, 9.17) is 16.4 Å². The van der Waals surface area contributed by atoms with Gasteiger partial charge in [-0.15, -0.1) is 0 Å². The number of piperidine rings is 1. The Morgan fingerprint density at radius 3 is 3.05 bits per heavy atom. The third kappa shape index (κ3) is 4.57. The Bertz CT molecular complexity index is 872. The lowest BCUT2D eigenvalue weighted by Crippen LogP contribution is -2.40. The van der Waals surface area contributed by atoms with Crippen LogP contribution in [0.25, 0.3) is 0 Å². The molecular weight excluding hydrogens is 262 g/mol. The first-order valence-corrected chi connectivity index (χ1v) is 6.84. The molecule has 1 aliphatic heterocycles. The van der Waals surface area contributed by atoms with Crippen LogP contribution in [0.15, 0.2) is 24.2 Å². The summed E-state index contributed by atoms with van der Waals surface area (Å²) < 4.78 is 96.7. The highest BCUT2D eigenvalue weighted by Crippen LogP contribution is 2.38. The minimum atomic E-state index is -3.22. The summed E-state index contributed by atoms with van der Waals surface area (Å²) >= 11 is 0. The van der Waals surface area contributed by atoms with Crippen molar-refractivity contribution < 1.29 is 26.0 Å². The van der Waals surface area contributed by atoms with Crippen LogP contribution < -0.4 is 0 Å². The van der Waals surface area contributed by atoms with Gasteiger partial charge in [-0.2, -0.15) is 0 Å². The van der Waals surface area contributed by atoms with Crippen molar-refractivity contribution in [3.8, 4) is 0 Å². The Morgan fingerprint density at radius 2 is 2.33 bits per heavy atom. The number of nitrogens with zero attached hydrogens (tertiary/aromatic N) is 1. The monoisotopic (exact) mass is 301 g/mol. The van der Waals surface area contributed by atoms with E-state index in [0.29, 0.717) is 0 Å². The predicted molar refractivity (Wildman–Crippen MR) is 85.3 cm³/mol. The first-order chi connectivity index (χ1) is 14.8. The Hall–Kier alpha value is -1.35. The molecule has 21 heavy (non-hydrogen) atoms. The van der Waals surface area contributed by atoms with Crippen LogP contribution in [0, 0.1) is 12.3 Å². The summed E-state index contributed by atoms with van der Waals surface area (Å²) in [7, 11) is 0. The highest BCUT2D eigenvalue weighted by Gasteiger charge is 2.36. The smallest absolute Gasteiger partial charge is 0.306 e. The molecule has 0 N–H and O–H groups in total. The topological polar surface area (TPSA) is 29.5 Å². The molecule has 0 aromatic heterocycles. The number of rotatable bonds is 5. The molecule has 0 atom stereocenters. The highest BCUT2D eigenvalue weighted by molar-refractivity contribution is 5.70. The molecule has 0 amide bonds. The van der Waals surface area contributed by atoms with Gasteiger partial charge in [-0.3, -0.25) is 4.79 Å². The van der Waals surface area contributed by atoms with E-state index < -0.39 is 38.2 Å². The van der Waals surface area contributed by atoms with Crippen molar-refractivity contribution in [3.63, 3.8) is 0 Å². The lowest BCUT2D eigenvalue weighted by Gasteiger charge is -2.40. The maximum Gasteiger partial charge on any atom is 0.306 e. The Morgan fingerprint density at radius 1 is 1.52 bits per heavy atom. The lowest BCUT2D eigenvalue weighted by molar-refractivity contribution is -0.146. The van der Waals surface area contributed by atoms with Gasteiger partial charge in [0, 0.05) is 8.22 Å². The number of hydrogen-bond acceptors (Lipinski definition) is 3. The standard InChI is InChI=1S/C18H27NO2/c1-4-21-17(20)14-18(8-10-19(3)11-9-18)13-16-7-5-6-15(2)12-16/h5-7,12H,4,8-11,13-14H2,1-3H3/i1D3,3D3,4D2,5D,6D,7D,12D. The van der Waals surface area contributed by atoms with Crippen molar-refractivity contribution in [3.05, 3.63) is 35.3 Å². The molecule has 1 aromatic rings. The minimum Gasteiger partial charge on any atom is -0.466 e. The van der Waals surface area contributed by atoms with Crippen molar-refractivity contribution in [2.75, 3.05) is 26.6 Å². The molecule has 1 aromatic carbocycles. The molecule has 0 unspecified atom stereocenters. The predicted octanol–water partition coefficient (Wildman–Crippen LogP) is 3.20. The number of ether oxygens (including phenoxy) is 1. The largest absolute Gasteiger partial charge is 0.466 e. The molecule has 1 fully saturated rings. The average Bonchev–Trinajstić information content (AvgIpc) is 2.66. The molecule has 116 valence electrons. The van der Waals surface area contributed by atoms with Gasteiger partial charge in [0.1, 0.15) is 0 Å². The summed E-state index contributed by atoms with van der Waals surface area (Å²) in [4.78, 5) is 13.9. The number of hydrogen-bond donors (Lipinski definition) is 0. The zero-order valence-corrected chi connectivity index (χ0v) is 12.0. The van der Waals surface area contributed by atoms with Gasteiger partial charge >= 0.3 is 5.97 Å². The number of benzene rings is 1.